The van der Waals surface area contributed by atoms with Gasteiger partial charge in [-0.15, -0.1) is 0 Å². The number of nitrogens with one attached hydrogen (secondary N) is 1. The van der Waals surface area contributed by atoms with Gasteiger partial charge in [-0.1, -0.05) is 30.3 Å². The maximum atomic E-state index is 12.7. The second-order valence-corrected chi connectivity index (χ2v) is 11.6. The molecule has 1 amide bonds. The van der Waals surface area contributed by atoms with Crippen molar-refractivity contribution in [2.75, 3.05) is 13.1 Å². The minimum Gasteiger partial charge on any atom is -0.447 e. The van der Waals surface area contributed by atoms with Crippen LogP contribution in [0.1, 0.15) is 44.1 Å². The average molecular weight is 455 g/mol. The summed E-state index contributed by atoms with van der Waals surface area (Å²) in [5.41, 5.74) is 0.859. The number of hydrogen-bond donors (Lipinski definition) is 1. The Bertz CT molecular complexity index is 1090. The van der Waals surface area contributed by atoms with E-state index in [1.165, 1.54) is 23.4 Å². The summed E-state index contributed by atoms with van der Waals surface area (Å²) in [6.45, 7) is 3.93. The van der Waals surface area contributed by atoms with E-state index in [1.54, 1.807) is 6.92 Å². The Labute approximate surface area is 177 Å². The van der Waals surface area contributed by atoms with Crippen LogP contribution in [0.5, 0.6) is 0 Å². The molecule has 164 valence electrons. The van der Waals surface area contributed by atoms with Gasteiger partial charge in [0.1, 0.15) is 16.8 Å². The molecule has 1 N–H and O–H groups in total. The van der Waals surface area contributed by atoms with E-state index in [9.17, 15) is 21.6 Å². The Morgan fingerprint density at radius 1 is 1.03 bits per heavy atom. The molecule has 2 heterocycles. The highest BCUT2D eigenvalue weighted by Crippen LogP contribution is 2.24. The van der Waals surface area contributed by atoms with E-state index in [0.29, 0.717) is 13.1 Å². The van der Waals surface area contributed by atoms with Gasteiger partial charge in [-0.3, -0.25) is 4.79 Å². The van der Waals surface area contributed by atoms with Gasteiger partial charge in [-0.05, 0) is 44.4 Å². The van der Waals surface area contributed by atoms with Crippen molar-refractivity contribution in [3.8, 4) is 0 Å². The highest BCUT2D eigenvalue weighted by atomic mass is 32.2. The maximum Gasteiger partial charge on any atom is 0.276 e. The summed E-state index contributed by atoms with van der Waals surface area (Å²) >= 11 is 0. The van der Waals surface area contributed by atoms with Crippen molar-refractivity contribution in [1.82, 2.24) is 9.62 Å². The summed E-state index contributed by atoms with van der Waals surface area (Å²) in [5, 5.41) is 1.12. The number of amides is 1. The number of sulfone groups is 1. The zero-order valence-corrected chi connectivity index (χ0v) is 18.6. The number of carbonyl (C=O) groups is 1. The smallest absolute Gasteiger partial charge is 0.276 e. The van der Waals surface area contributed by atoms with Crippen LogP contribution < -0.4 is 5.32 Å². The number of nitrogens with zero attached hydrogens (tertiary/aromatic N) is 1. The summed E-state index contributed by atoms with van der Waals surface area (Å²) < 4.78 is 57.1. The van der Waals surface area contributed by atoms with Gasteiger partial charge in [0.15, 0.2) is 9.84 Å². The van der Waals surface area contributed by atoms with E-state index in [2.05, 4.69) is 5.32 Å². The molecule has 1 aliphatic rings. The van der Waals surface area contributed by atoms with Gasteiger partial charge < -0.3 is 9.73 Å². The first-order valence-electron chi connectivity index (χ1n) is 9.77. The van der Waals surface area contributed by atoms with Crippen LogP contribution in [0, 0.1) is 0 Å². The normalized spacial score (nSPS) is 17.5. The fraction of sp³-hybridized carbons (Fsp3) is 0.450. The van der Waals surface area contributed by atoms with Gasteiger partial charge in [0.2, 0.25) is 11.0 Å². The van der Waals surface area contributed by atoms with Crippen LogP contribution in [0.3, 0.4) is 0 Å². The molecular weight excluding hydrogens is 428 g/mol. The predicted molar refractivity (Wildman–Crippen MR) is 112 cm³/mol. The zero-order valence-electron chi connectivity index (χ0n) is 16.9. The summed E-state index contributed by atoms with van der Waals surface area (Å²) in [5.74, 6) is -1.19. The van der Waals surface area contributed by atoms with Crippen molar-refractivity contribution in [3.63, 3.8) is 0 Å². The van der Waals surface area contributed by atoms with Gasteiger partial charge in [-0.25, -0.2) is 16.8 Å². The molecule has 3 rings (SSSR count). The summed E-state index contributed by atoms with van der Waals surface area (Å²) in [6, 6.07) is 11.5. The van der Waals surface area contributed by atoms with E-state index < -0.39 is 36.8 Å². The van der Waals surface area contributed by atoms with Gasteiger partial charge in [0.05, 0.1) is 6.04 Å². The highest BCUT2D eigenvalue weighted by molar-refractivity contribution is 7.92. The lowest BCUT2D eigenvalue weighted by molar-refractivity contribution is -0.121. The third-order valence-corrected chi connectivity index (χ3v) is 8.96. The minimum absolute atomic E-state index is 0.0106. The lowest BCUT2D eigenvalue weighted by Gasteiger charge is -2.18. The van der Waals surface area contributed by atoms with Crippen molar-refractivity contribution in [1.29, 1.82) is 0 Å². The fourth-order valence-electron chi connectivity index (χ4n) is 3.27. The largest absolute Gasteiger partial charge is 0.447 e. The van der Waals surface area contributed by atoms with Gasteiger partial charge in [0.25, 0.3) is 10.0 Å². The van der Waals surface area contributed by atoms with Gasteiger partial charge >= 0.3 is 0 Å². The Hall–Kier alpha value is -2.17. The highest BCUT2D eigenvalue weighted by Gasteiger charge is 2.33. The van der Waals surface area contributed by atoms with E-state index in [4.69, 9.17) is 4.42 Å². The molecule has 8 nitrogen and oxygen atoms in total. The first-order chi connectivity index (χ1) is 14.1. The van der Waals surface area contributed by atoms with Crippen molar-refractivity contribution in [2.45, 2.75) is 48.8 Å². The molecule has 1 aliphatic heterocycles. The van der Waals surface area contributed by atoms with Crippen LogP contribution in [0.4, 0.5) is 0 Å². The molecule has 2 atom stereocenters. The second kappa shape index (κ2) is 8.91. The average Bonchev–Trinajstić information content (AvgIpc) is 3.40. The number of carbonyl (C=O) groups excluding carboxylic acids is 1. The van der Waals surface area contributed by atoms with E-state index in [-0.39, 0.29) is 16.9 Å². The molecular formula is C20H26N2O6S2. The van der Waals surface area contributed by atoms with Gasteiger partial charge in [-0.2, -0.15) is 4.31 Å². The van der Waals surface area contributed by atoms with Crippen molar-refractivity contribution in [3.05, 3.63) is 53.8 Å². The molecule has 0 unspecified atom stereocenters. The Morgan fingerprint density at radius 2 is 1.67 bits per heavy atom. The lowest BCUT2D eigenvalue weighted by atomic mass is 10.1. The molecule has 0 bridgehead atoms. The van der Waals surface area contributed by atoms with Crippen LogP contribution in [0.25, 0.3) is 0 Å². The first-order valence-corrected chi connectivity index (χ1v) is 12.9. The molecule has 0 radical (unpaired) electrons. The van der Waals surface area contributed by atoms with Crippen LogP contribution in [-0.4, -0.2) is 45.4 Å². The van der Waals surface area contributed by atoms with E-state index >= 15 is 0 Å². The molecule has 0 spiro atoms. The van der Waals surface area contributed by atoms with Crippen LogP contribution in [0.2, 0.25) is 0 Å². The van der Waals surface area contributed by atoms with Crippen LogP contribution in [-0.2, 0) is 30.4 Å². The number of hydrogen-bond acceptors (Lipinski definition) is 6. The molecule has 1 fully saturated rings. The van der Waals surface area contributed by atoms with E-state index in [0.717, 1.165) is 18.4 Å². The maximum absolute atomic E-state index is 12.7. The summed E-state index contributed by atoms with van der Waals surface area (Å²) in [4.78, 5) is 12.5. The van der Waals surface area contributed by atoms with Crippen LogP contribution in [0.15, 0.2) is 52.0 Å². The molecule has 0 saturated carbocycles. The Morgan fingerprint density at radius 3 is 2.30 bits per heavy atom. The third-order valence-electron chi connectivity index (χ3n) is 5.21. The molecule has 0 aliphatic carbocycles. The quantitative estimate of drug-likeness (QED) is 0.654. The number of benzene rings is 1. The SMILES string of the molecule is C[C@H](NC(=O)[C@H](C)S(=O)(=O)Cc1ccc(S(=O)(=O)N2CCCC2)o1)c1ccccc1. The standard InChI is InChI=1S/C20H26N2O6S2/c1-15(17-8-4-3-5-9-17)21-20(23)16(2)29(24,25)14-18-10-11-19(28-18)30(26,27)22-12-6-7-13-22/h3-5,8-11,15-16H,6-7,12-14H2,1-2H3,(H,21,23)/t15-,16-/m0/s1. The molecule has 2 aromatic rings. The lowest BCUT2D eigenvalue weighted by Crippen LogP contribution is -2.39. The Balaban J connectivity index is 1.67. The molecule has 1 aromatic heterocycles. The second-order valence-electron chi connectivity index (χ2n) is 7.42. The predicted octanol–water partition coefficient (Wildman–Crippen LogP) is 2.24. The van der Waals surface area contributed by atoms with Gasteiger partial charge in [0, 0.05) is 13.1 Å². The molecule has 1 aromatic carbocycles. The number of rotatable bonds is 8. The van der Waals surface area contributed by atoms with Crippen molar-refractivity contribution >= 4 is 25.8 Å². The first kappa shape index (κ1) is 22.5. The van der Waals surface area contributed by atoms with Crippen LogP contribution >= 0.6 is 0 Å². The van der Waals surface area contributed by atoms with E-state index in [1.807, 2.05) is 30.3 Å². The summed E-state index contributed by atoms with van der Waals surface area (Å²) in [7, 11) is -7.67. The van der Waals surface area contributed by atoms with Crippen molar-refractivity contribution < 1.29 is 26.0 Å². The molecule has 30 heavy (non-hydrogen) atoms. The molecule has 10 heteroatoms. The Kier molecular flexibility index (Phi) is 6.68. The number of sulfonamides is 1. The number of furan rings is 1. The fourth-order valence-corrected chi connectivity index (χ4v) is 5.91. The zero-order chi connectivity index (χ0) is 21.9. The minimum atomic E-state index is -3.91. The third kappa shape index (κ3) is 4.93. The van der Waals surface area contributed by atoms with Crippen molar-refractivity contribution in [2.24, 2.45) is 0 Å². The topological polar surface area (TPSA) is 114 Å². The monoisotopic (exact) mass is 454 g/mol. The molecule has 1 saturated heterocycles. The summed E-state index contributed by atoms with van der Waals surface area (Å²) in [6.07, 6.45) is 1.57.